The zero-order valence-corrected chi connectivity index (χ0v) is 12.1. The summed E-state index contributed by atoms with van der Waals surface area (Å²) >= 11 is 0. The van der Waals surface area contributed by atoms with Crippen molar-refractivity contribution in [3.63, 3.8) is 0 Å². The first kappa shape index (κ1) is 14.4. The lowest BCUT2D eigenvalue weighted by molar-refractivity contribution is 0.402. The van der Waals surface area contributed by atoms with Gasteiger partial charge in [-0.1, -0.05) is 42.5 Å². The zero-order chi connectivity index (χ0) is 16.4. The standard InChI is InChI=1S/C19H12N2O2/c20-10-14-9-18(22)19(23)17(11-21)16(14)8-13-6-3-5-12-4-1-2-7-15(12)13/h1-7,9,22-23H,8H2. The van der Waals surface area contributed by atoms with Gasteiger partial charge in [0.05, 0.1) is 11.6 Å². The van der Waals surface area contributed by atoms with Gasteiger partial charge in [0.2, 0.25) is 0 Å². The number of hydrogen-bond acceptors (Lipinski definition) is 4. The van der Waals surface area contributed by atoms with E-state index in [1.54, 1.807) is 0 Å². The molecular weight excluding hydrogens is 288 g/mol. The van der Waals surface area contributed by atoms with Crippen LogP contribution >= 0.6 is 0 Å². The van der Waals surface area contributed by atoms with Crippen LogP contribution in [0.1, 0.15) is 22.3 Å². The van der Waals surface area contributed by atoms with Gasteiger partial charge < -0.3 is 10.2 Å². The first-order valence-corrected chi connectivity index (χ1v) is 7.00. The molecule has 0 bridgehead atoms. The van der Waals surface area contributed by atoms with Gasteiger partial charge in [0.1, 0.15) is 11.6 Å². The molecule has 0 aliphatic rings. The van der Waals surface area contributed by atoms with E-state index >= 15 is 0 Å². The fourth-order valence-electron chi connectivity index (χ4n) is 2.74. The maximum absolute atomic E-state index is 9.91. The van der Waals surface area contributed by atoms with E-state index in [0.717, 1.165) is 16.3 Å². The fraction of sp³-hybridized carbons (Fsp3) is 0.0526. The monoisotopic (exact) mass is 300 g/mol. The van der Waals surface area contributed by atoms with E-state index in [-0.39, 0.29) is 11.1 Å². The molecule has 3 rings (SSSR count). The molecule has 0 aliphatic heterocycles. The van der Waals surface area contributed by atoms with E-state index in [0.29, 0.717) is 12.0 Å². The summed E-state index contributed by atoms with van der Waals surface area (Å²) in [4.78, 5) is 0. The fourth-order valence-corrected chi connectivity index (χ4v) is 2.74. The third kappa shape index (κ3) is 2.43. The third-order valence-corrected chi connectivity index (χ3v) is 3.87. The van der Waals surface area contributed by atoms with E-state index in [1.165, 1.54) is 6.07 Å². The summed E-state index contributed by atoms with van der Waals surface area (Å²) in [5.74, 6) is -0.943. The van der Waals surface area contributed by atoms with Crippen LogP contribution in [0.4, 0.5) is 0 Å². The maximum Gasteiger partial charge on any atom is 0.175 e. The lowest BCUT2D eigenvalue weighted by Gasteiger charge is -2.12. The van der Waals surface area contributed by atoms with E-state index in [2.05, 4.69) is 0 Å². The van der Waals surface area contributed by atoms with Crippen molar-refractivity contribution in [1.82, 2.24) is 0 Å². The molecule has 0 amide bonds. The van der Waals surface area contributed by atoms with Crippen molar-refractivity contribution in [3.05, 3.63) is 70.8 Å². The van der Waals surface area contributed by atoms with Gasteiger partial charge in [0.25, 0.3) is 0 Å². The molecule has 0 aromatic heterocycles. The largest absolute Gasteiger partial charge is 0.504 e. The first-order chi connectivity index (χ1) is 11.2. The third-order valence-electron chi connectivity index (χ3n) is 3.87. The molecule has 0 radical (unpaired) electrons. The van der Waals surface area contributed by atoms with Crippen LogP contribution in [-0.2, 0) is 6.42 Å². The molecule has 0 saturated heterocycles. The Bertz CT molecular complexity index is 989. The van der Waals surface area contributed by atoms with E-state index in [1.807, 2.05) is 54.6 Å². The minimum atomic E-state index is -0.485. The first-order valence-electron chi connectivity index (χ1n) is 7.00. The number of rotatable bonds is 2. The van der Waals surface area contributed by atoms with Crippen LogP contribution in [0.2, 0.25) is 0 Å². The average molecular weight is 300 g/mol. The van der Waals surface area contributed by atoms with Crippen LogP contribution in [0.15, 0.2) is 48.5 Å². The van der Waals surface area contributed by atoms with Gasteiger partial charge in [0.15, 0.2) is 11.5 Å². The number of nitrogens with zero attached hydrogens (tertiary/aromatic N) is 2. The molecule has 2 N–H and O–H groups in total. The van der Waals surface area contributed by atoms with Crippen molar-refractivity contribution in [2.75, 3.05) is 0 Å². The van der Waals surface area contributed by atoms with Crippen LogP contribution in [0, 0.1) is 22.7 Å². The van der Waals surface area contributed by atoms with Gasteiger partial charge in [-0.05, 0) is 21.9 Å². The molecule has 4 heteroatoms. The molecule has 0 fully saturated rings. The molecule has 23 heavy (non-hydrogen) atoms. The van der Waals surface area contributed by atoms with Crippen LogP contribution in [0.3, 0.4) is 0 Å². The smallest absolute Gasteiger partial charge is 0.175 e. The van der Waals surface area contributed by atoms with Crippen molar-refractivity contribution in [1.29, 1.82) is 10.5 Å². The molecule has 0 aliphatic carbocycles. The highest BCUT2D eigenvalue weighted by molar-refractivity contribution is 5.86. The highest BCUT2D eigenvalue weighted by Gasteiger charge is 2.18. The summed E-state index contributed by atoms with van der Waals surface area (Å²) in [7, 11) is 0. The summed E-state index contributed by atoms with van der Waals surface area (Å²) in [6, 6.07) is 18.7. The summed E-state index contributed by atoms with van der Waals surface area (Å²) < 4.78 is 0. The van der Waals surface area contributed by atoms with Crippen molar-refractivity contribution < 1.29 is 10.2 Å². The second kappa shape index (κ2) is 5.71. The van der Waals surface area contributed by atoms with Crippen LogP contribution in [-0.4, -0.2) is 10.2 Å². The molecule has 0 atom stereocenters. The van der Waals surface area contributed by atoms with Crippen LogP contribution in [0.5, 0.6) is 11.5 Å². The van der Waals surface area contributed by atoms with Crippen LogP contribution < -0.4 is 0 Å². The second-order valence-electron chi connectivity index (χ2n) is 5.18. The molecule has 0 unspecified atom stereocenters. The van der Waals surface area contributed by atoms with Gasteiger partial charge in [-0.15, -0.1) is 0 Å². The van der Waals surface area contributed by atoms with Gasteiger partial charge in [-0.2, -0.15) is 10.5 Å². The Hall–Kier alpha value is -3.50. The lowest BCUT2D eigenvalue weighted by Crippen LogP contribution is -1.98. The Labute approximate surface area is 133 Å². The Balaban J connectivity index is 2.22. The summed E-state index contributed by atoms with van der Waals surface area (Å²) in [6.07, 6.45) is 0.320. The SMILES string of the molecule is N#Cc1cc(O)c(O)c(C#N)c1Cc1cccc2ccccc12. The molecule has 0 heterocycles. The molecule has 3 aromatic rings. The highest BCUT2D eigenvalue weighted by atomic mass is 16.3. The predicted molar refractivity (Wildman–Crippen MR) is 86.0 cm³/mol. The normalized spacial score (nSPS) is 10.2. The van der Waals surface area contributed by atoms with Crippen molar-refractivity contribution in [2.45, 2.75) is 6.42 Å². The number of nitriles is 2. The maximum atomic E-state index is 9.91. The molecule has 0 saturated carbocycles. The number of phenolic OH excluding ortho intramolecular Hbond substituents is 2. The topological polar surface area (TPSA) is 88.0 Å². The van der Waals surface area contributed by atoms with Gasteiger partial charge >= 0.3 is 0 Å². The Morgan fingerprint density at radius 3 is 2.39 bits per heavy atom. The summed E-state index contributed by atoms with van der Waals surface area (Å²) in [5, 5.41) is 40.2. The van der Waals surface area contributed by atoms with E-state index in [4.69, 9.17) is 0 Å². The van der Waals surface area contributed by atoms with Crippen molar-refractivity contribution in [3.8, 4) is 23.6 Å². The minimum Gasteiger partial charge on any atom is -0.504 e. The van der Waals surface area contributed by atoms with Crippen molar-refractivity contribution >= 4 is 10.8 Å². The van der Waals surface area contributed by atoms with E-state index in [9.17, 15) is 20.7 Å². The van der Waals surface area contributed by atoms with Gasteiger partial charge in [-0.3, -0.25) is 0 Å². The van der Waals surface area contributed by atoms with Gasteiger partial charge in [0, 0.05) is 12.5 Å². The molecule has 110 valence electrons. The molecule has 0 spiro atoms. The number of benzene rings is 3. The average Bonchev–Trinajstić information content (AvgIpc) is 2.58. The number of hydrogen-bond donors (Lipinski definition) is 2. The highest BCUT2D eigenvalue weighted by Crippen LogP contribution is 2.35. The quantitative estimate of drug-likeness (QED) is 0.708. The predicted octanol–water partition coefficient (Wildman–Crippen LogP) is 3.59. The second-order valence-corrected chi connectivity index (χ2v) is 5.18. The summed E-state index contributed by atoms with van der Waals surface area (Å²) in [6.45, 7) is 0. The molecule has 3 aromatic carbocycles. The Morgan fingerprint density at radius 1 is 0.913 bits per heavy atom. The lowest BCUT2D eigenvalue weighted by atomic mass is 9.92. The van der Waals surface area contributed by atoms with Gasteiger partial charge in [-0.25, -0.2) is 0 Å². The van der Waals surface area contributed by atoms with E-state index < -0.39 is 11.5 Å². The number of aromatic hydroxyl groups is 2. The molecule has 4 nitrogen and oxygen atoms in total. The Kier molecular flexibility index (Phi) is 3.58. The number of fused-ring (bicyclic) bond motifs is 1. The Morgan fingerprint density at radius 2 is 1.65 bits per heavy atom. The summed E-state index contributed by atoms with van der Waals surface area (Å²) in [5.41, 5.74) is 1.49. The minimum absolute atomic E-state index is 0.0607. The zero-order valence-electron chi connectivity index (χ0n) is 12.1. The molecular formula is C19H12N2O2. The number of phenols is 2. The van der Waals surface area contributed by atoms with Crippen LogP contribution in [0.25, 0.3) is 10.8 Å². The van der Waals surface area contributed by atoms with Crippen molar-refractivity contribution in [2.24, 2.45) is 0 Å².